The van der Waals surface area contributed by atoms with E-state index in [0.29, 0.717) is 5.56 Å². The summed E-state index contributed by atoms with van der Waals surface area (Å²) in [6.07, 6.45) is -3.28. The molecule has 0 bridgehead atoms. The van der Waals surface area contributed by atoms with E-state index in [0.717, 1.165) is 25.0 Å². The molecule has 48 heavy (non-hydrogen) atoms. The molecule has 4 atom stereocenters. The molecule has 0 N–H and O–H groups in total. The number of benzene rings is 3. The predicted molar refractivity (Wildman–Crippen MR) is 171 cm³/mol. The second kappa shape index (κ2) is 16.3. The van der Waals surface area contributed by atoms with Crippen LogP contribution in [0, 0.1) is 6.92 Å². The Bertz CT molecular complexity index is 1630. The van der Waals surface area contributed by atoms with Gasteiger partial charge in [-0.25, -0.2) is 0 Å². The molecule has 4 rings (SSSR count). The summed E-state index contributed by atoms with van der Waals surface area (Å²) >= 11 is 0. The Morgan fingerprint density at radius 2 is 1.33 bits per heavy atom. The number of hydrogen-bond acceptors (Lipinski definition) is 12. The van der Waals surface area contributed by atoms with Crippen LogP contribution in [0.1, 0.15) is 43.9 Å². The lowest BCUT2D eigenvalue weighted by atomic mass is 9.78. The molecule has 1 fully saturated rings. The van der Waals surface area contributed by atoms with Crippen LogP contribution in [0.2, 0.25) is 0 Å². The molecule has 13 heteroatoms. The number of carbonyl (C=O) groups excluding carboxylic acids is 3. The van der Waals surface area contributed by atoms with Gasteiger partial charge < -0.3 is 28.4 Å². The molecule has 0 saturated carbocycles. The molecule has 0 radical (unpaired) electrons. The van der Waals surface area contributed by atoms with E-state index in [-0.39, 0.29) is 31.1 Å². The molecule has 258 valence electrons. The van der Waals surface area contributed by atoms with E-state index in [9.17, 15) is 22.8 Å². The van der Waals surface area contributed by atoms with Crippen molar-refractivity contribution in [3.63, 3.8) is 0 Å². The highest BCUT2D eigenvalue weighted by molar-refractivity contribution is 7.86. The van der Waals surface area contributed by atoms with Crippen LogP contribution in [0.4, 0.5) is 0 Å². The lowest BCUT2D eigenvalue weighted by Gasteiger charge is -2.44. The number of ether oxygens (including phenoxy) is 6. The van der Waals surface area contributed by atoms with Crippen LogP contribution in [-0.4, -0.2) is 69.7 Å². The Labute approximate surface area is 280 Å². The van der Waals surface area contributed by atoms with Gasteiger partial charge in [-0.1, -0.05) is 78.4 Å². The van der Waals surface area contributed by atoms with Gasteiger partial charge in [0.2, 0.25) is 6.29 Å². The van der Waals surface area contributed by atoms with Crippen molar-refractivity contribution in [1.82, 2.24) is 0 Å². The normalized spacial score (nSPS) is 22.2. The van der Waals surface area contributed by atoms with Gasteiger partial charge >= 0.3 is 17.9 Å². The number of carbonyl (C=O) groups is 3. The highest BCUT2D eigenvalue weighted by Crippen LogP contribution is 2.49. The van der Waals surface area contributed by atoms with Crippen LogP contribution < -0.4 is 0 Å². The minimum Gasteiger partial charge on any atom is -0.466 e. The highest BCUT2D eigenvalue weighted by atomic mass is 32.2. The lowest BCUT2D eigenvalue weighted by molar-refractivity contribution is -0.234. The topological polar surface area (TPSA) is 150 Å². The van der Waals surface area contributed by atoms with Crippen LogP contribution in [0.5, 0.6) is 0 Å². The Hall–Kier alpha value is -4.14. The first kappa shape index (κ1) is 36.7. The quantitative estimate of drug-likeness (QED) is 0.119. The zero-order valence-corrected chi connectivity index (χ0v) is 28.1. The third kappa shape index (κ3) is 9.26. The molecule has 0 spiro atoms. The van der Waals surface area contributed by atoms with E-state index in [4.69, 9.17) is 32.6 Å². The fourth-order valence-electron chi connectivity index (χ4n) is 5.44. The van der Waals surface area contributed by atoms with Crippen molar-refractivity contribution in [3.8, 4) is 0 Å². The molecule has 0 amide bonds. The van der Waals surface area contributed by atoms with Crippen molar-refractivity contribution in [1.29, 1.82) is 0 Å². The largest absolute Gasteiger partial charge is 0.466 e. The number of aryl methyl sites for hydroxylation is 1. The Balaban J connectivity index is 1.86. The van der Waals surface area contributed by atoms with E-state index in [1.165, 1.54) is 19.1 Å². The molecule has 0 unspecified atom stereocenters. The zero-order valence-electron chi connectivity index (χ0n) is 27.3. The summed E-state index contributed by atoms with van der Waals surface area (Å²) in [5, 5.41) is 0. The van der Waals surface area contributed by atoms with Crippen molar-refractivity contribution in [3.05, 3.63) is 102 Å². The number of esters is 3. The molecular formula is C35H40O12S. The fraction of sp³-hybridized carbons (Fsp3) is 0.400. The average Bonchev–Trinajstić information content (AvgIpc) is 3.27. The van der Waals surface area contributed by atoms with Gasteiger partial charge in [-0.15, -0.1) is 0 Å². The number of hydrogen-bond donors (Lipinski definition) is 0. The third-order valence-electron chi connectivity index (χ3n) is 7.72. The van der Waals surface area contributed by atoms with E-state index in [1.807, 2.05) is 43.3 Å². The maximum atomic E-state index is 13.6. The van der Waals surface area contributed by atoms with Gasteiger partial charge in [0.1, 0.15) is 12.2 Å². The minimum atomic E-state index is -4.40. The minimum absolute atomic E-state index is 0.0613. The summed E-state index contributed by atoms with van der Waals surface area (Å²) in [5.74, 6) is -2.14. The summed E-state index contributed by atoms with van der Waals surface area (Å²) < 4.78 is 68.6. The smallest absolute Gasteiger partial charge is 0.305 e. The molecule has 12 nitrogen and oxygen atoms in total. The van der Waals surface area contributed by atoms with E-state index in [2.05, 4.69) is 0 Å². The Morgan fingerprint density at radius 3 is 1.90 bits per heavy atom. The van der Waals surface area contributed by atoms with Gasteiger partial charge in [-0.3, -0.25) is 18.6 Å². The fourth-order valence-corrected chi connectivity index (χ4v) is 6.39. The molecule has 3 aromatic rings. The molecular weight excluding hydrogens is 644 g/mol. The van der Waals surface area contributed by atoms with Crippen molar-refractivity contribution in [2.45, 2.75) is 75.8 Å². The maximum Gasteiger partial charge on any atom is 0.305 e. The summed E-state index contributed by atoms with van der Waals surface area (Å²) in [7, 11) is -4.40. The van der Waals surface area contributed by atoms with Crippen molar-refractivity contribution in [2.24, 2.45) is 0 Å². The molecule has 0 aromatic heterocycles. The van der Waals surface area contributed by atoms with E-state index < -0.39 is 64.8 Å². The van der Waals surface area contributed by atoms with Gasteiger partial charge in [-0.2, -0.15) is 8.42 Å². The SMILES string of the molecule is CC(=O)OCC[C@]1(OCc2ccccc2)[C@@H](OC(C)=O)[C@@H](OC(C)=O)O[C@@]1(COCc1ccccc1)COS(=O)(=O)c1ccc(C)cc1. The maximum absolute atomic E-state index is 13.6. The van der Waals surface area contributed by atoms with E-state index >= 15 is 0 Å². The van der Waals surface area contributed by atoms with Gasteiger partial charge in [0.25, 0.3) is 10.1 Å². The van der Waals surface area contributed by atoms with Crippen LogP contribution in [0.15, 0.2) is 89.8 Å². The van der Waals surface area contributed by atoms with Crippen LogP contribution in [0.3, 0.4) is 0 Å². The highest BCUT2D eigenvalue weighted by Gasteiger charge is 2.70. The Kier molecular flexibility index (Phi) is 12.5. The molecule has 1 aliphatic heterocycles. The molecule has 0 aliphatic carbocycles. The molecule has 1 heterocycles. The molecule has 3 aromatic carbocycles. The lowest BCUT2D eigenvalue weighted by Crippen LogP contribution is -2.64. The van der Waals surface area contributed by atoms with Crippen LogP contribution in [-0.2, 0) is 70.3 Å². The average molecular weight is 685 g/mol. The first-order valence-electron chi connectivity index (χ1n) is 15.3. The zero-order chi connectivity index (χ0) is 34.8. The van der Waals surface area contributed by atoms with Crippen molar-refractivity contribution < 1.29 is 55.4 Å². The second-order valence-electron chi connectivity index (χ2n) is 11.4. The standard InChI is InChI=1S/C35H40O12S/c1-25-15-17-31(18-16-25)48(39,40)44-24-34(23-41-21-29-11-7-5-8-12-29)35(19-20-42-26(2)36,43-22-30-13-9-6-10-14-30)32(45-27(3)37)33(47-34)46-28(4)38/h5-18,32-33H,19-24H2,1-4H3/t32-,33-,34-,35-/m0/s1. The third-order valence-corrected chi connectivity index (χ3v) is 8.99. The Morgan fingerprint density at radius 1 is 0.750 bits per heavy atom. The monoisotopic (exact) mass is 684 g/mol. The van der Waals surface area contributed by atoms with Crippen molar-refractivity contribution >= 4 is 28.0 Å². The first-order valence-corrected chi connectivity index (χ1v) is 16.7. The number of rotatable bonds is 16. The van der Waals surface area contributed by atoms with Crippen LogP contribution >= 0.6 is 0 Å². The summed E-state index contributed by atoms with van der Waals surface area (Å²) in [6.45, 7) is 3.90. The molecule has 1 saturated heterocycles. The predicted octanol–water partition coefficient (Wildman–Crippen LogP) is 4.42. The van der Waals surface area contributed by atoms with E-state index in [1.54, 1.807) is 36.4 Å². The van der Waals surface area contributed by atoms with Crippen LogP contribution in [0.25, 0.3) is 0 Å². The van der Waals surface area contributed by atoms with Gasteiger partial charge in [-0.05, 0) is 30.2 Å². The second-order valence-corrected chi connectivity index (χ2v) is 13.0. The first-order chi connectivity index (χ1) is 22.9. The van der Waals surface area contributed by atoms with Gasteiger partial charge in [0.05, 0.1) is 31.3 Å². The van der Waals surface area contributed by atoms with Gasteiger partial charge in [0, 0.05) is 27.2 Å². The summed E-state index contributed by atoms with van der Waals surface area (Å²) in [4.78, 5) is 36.8. The van der Waals surface area contributed by atoms with Crippen molar-refractivity contribution in [2.75, 3.05) is 19.8 Å². The summed E-state index contributed by atoms with van der Waals surface area (Å²) in [5.41, 5.74) is -1.47. The summed E-state index contributed by atoms with van der Waals surface area (Å²) in [6, 6.07) is 24.3. The molecule has 1 aliphatic rings. The van der Waals surface area contributed by atoms with Gasteiger partial charge in [0.15, 0.2) is 11.7 Å².